The van der Waals surface area contributed by atoms with Crippen LogP contribution in [0.3, 0.4) is 0 Å². The number of ether oxygens (including phenoxy) is 1. The Morgan fingerprint density at radius 3 is 2.42 bits per heavy atom. The average Bonchev–Trinajstić information content (AvgIpc) is 3.36. The Labute approximate surface area is 191 Å². The van der Waals surface area contributed by atoms with Gasteiger partial charge in [0, 0.05) is 26.2 Å². The number of epoxide rings is 1. The predicted molar refractivity (Wildman–Crippen MR) is 117 cm³/mol. The topological polar surface area (TPSA) is 125 Å². The molecular weight excluding hydrogens is 426 g/mol. The fourth-order valence-electron chi connectivity index (χ4n) is 6.91. The van der Waals surface area contributed by atoms with Crippen molar-refractivity contribution in [3.05, 3.63) is 22.8 Å². The zero-order chi connectivity index (χ0) is 24.0. The maximum absolute atomic E-state index is 13.8. The van der Waals surface area contributed by atoms with E-state index in [0.717, 1.165) is 11.3 Å². The molecule has 5 rings (SSSR count). The third-order valence-electron chi connectivity index (χ3n) is 8.26. The van der Waals surface area contributed by atoms with Crippen LogP contribution in [0, 0.1) is 29.6 Å². The molecule has 1 aromatic rings. The lowest BCUT2D eigenvalue weighted by Gasteiger charge is -2.48. The zero-order valence-electron chi connectivity index (χ0n) is 19.3. The van der Waals surface area contributed by atoms with Gasteiger partial charge in [-0.25, -0.2) is 0 Å². The maximum Gasteiger partial charge on any atom is 0.187 e. The van der Waals surface area contributed by atoms with Crippen LogP contribution in [0.4, 0.5) is 5.69 Å². The van der Waals surface area contributed by atoms with Crippen molar-refractivity contribution in [1.82, 2.24) is 0 Å². The number of hydrogen-bond acceptors (Lipinski definition) is 8. The first kappa shape index (κ1) is 22.2. The van der Waals surface area contributed by atoms with E-state index < -0.39 is 41.2 Å². The number of aliphatic hydroxyl groups is 1. The summed E-state index contributed by atoms with van der Waals surface area (Å²) >= 11 is 0. The summed E-state index contributed by atoms with van der Waals surface area (Å²) in [6.45, 7) is 3.16. The van der Waals surface area contributed by atoms with Gasteiger partial charge in [0.25, 0.3) is 0 Å². The van der Waals surface area contributed by atoms with Gasteiger partial charge in [0.05, 0.1) is 17.4 Å². The van der Waals surface area contributed by atoms with Crippen molar-refractivity contribution in [2.45, 2.75) is 51.4 Å². The number of fused-ring (bicyclic) bond motifs is 4. The lowest BCUT2D eigenvalue weighted by atomic mass is 9.52. The molecule has 7 atom stereocenters. The third kappa shape index (κ3) is 2.83. The number of benzene rings is 1. The van der Waals surface area contributed by atoms with Gasteiger partial charge in [-0.2, -0.15) is 0 Å². The van der Waals surface area contributed by atoms with Crippen molar-refractivity contribution in [2.75, 3.05) is 19.0 Å². The highest BCUT2D eigenvalue weighted by Crippen LogP contribution is 2.60. The van der Waals surface area contributed by atoms with Crippen molar-refractivity contribution in [3.63, 3.8) is 0 Å². The van der Waals surface area contributed by atoms with Crippen molar-refractivity contribution in [1.29, 1.82) is 0 Å². The van der Waals surface area contributed by atoms with Gasteiger partial charge in [0.1, 0.15) is 34.6 Å². The third-order valence-corrected chi connectivity index (χ3v) is 8.26. The minimum absolute atomic E-state index is 0.0588. The number of phenols is 1. The van der Waals surface area contributed by atoms with Crippen molar-refractivity contribution >= 4 is 28.8 Å². The lowest BCUT2D eigenvalue weighted by Crippen LogP contribution is -2.60. The van der Waals surface area contributed by atoms with E-state index in [2.05, 4.69) is 0 Å². The second-order valence-electron chi connectivity index (χ2n) is 10.2. The highest BCUT2D eigenvalue weighted by atomic mass is 16.7. The molecule has 8 nitrogen and oxygen atoms in total. The molecule has 2 N–H and O–H groups in total. The molecule has 4 aliphatic rings. The standard InChI is InChI=1S/C25H29NO7/c1-5-11-8-15(26(3)4)14-7-12-6-13-9-16(28)19(10(2)27)25(24(32)33-25)20(13)23(31)17(12)22(30)18(14)21(11)29/h8,12-13,17,19-20,24,29,32H,5-7,9H2,1-4H3. The van der Waals surface area contributed by atoms with Crippen LogP contribution in [-0.4, -0.2) is 59.3 Å². The second kappa shape index (κ2) is 7.21. The Balaban J connectivity index is 1.62. The van der Waals surface area contributed by atoms with Gasteiger partial charge >= 0.3 is 0 Å². The summed E-state index contributed by atoms with van der Waals surface area (Å²) < 4.78 is 5.45. The summed E-state index contributed by atoms with van der Waals surface area (Å²) in [6, 6.07) is 1.89. The number of carbonyl (C=O) groups is 4. The van der Waals surface area contributed by atoms with Gasteiger partial charge in [0.2, 0.25) is 0 Å². The molecule has 2 saturated carbocycles. The molecule has 0 amide bonds. The van der Waals surface area contributed by atoms with Gasteiger partial charge in [-0.05, 0) is 55.2 Å². The molecular formula is C25H29NO7. The highest BCUT2D eigenvalue weighted by molar-refractivity contribution is 6.17. The normalized spacial score (nSPS) is 36.8. The Morgan fingerprint density at radius 2 is 1.88 bits per heavy atom. The van der Waals surface area contributed by atoms with E-state index in [4.69, 9.17) is 4.74 Å². The summed E-state index contributed by atoms with van der Waals surface area (Å²) in [5.41, 5.74) is 0.856. The summed E-state index contributed by atoms with van der Waals surface area (Å²) in [5, 5.41) is 21.3. The van der Waals surface area contributed by atoms with Gasteiger partial charge in [-0.3, -0.25) is 19.2 Å². The first-order valence-electron chi connectivity index (χ1n) is 11.6. The SMILES string of the molecule is CCc1cc(N(C)C)c2c(c1O)C(=O)C1C(=O)C3C(CC(=O)C(C(C)=O)C34OC4O)CC1C2. The van der Waals surface area contributed by atoms with Crippen LogP contribution in [0.2, 0.25) is 0 Å². The van der Waals surface area contributed by atoms with Crippen LogP contribution in [0.25, 0.3) is 0 Å². The van der Waals surface area contributed by atoms with Crippen molar-refractivity contribution in [3.8, 4) is 5.75 Å². The minimum atomic E-state index is -1.56. The minimum Gasteiger partial charge on any atom is -0.507 e. The first-order valence-corrected chi connectivity index (χ1v) is 11.6. The van der Waals surface area contributed by atoms with Gasteiger partial charge < -0.3 is 19.8 Å². The van der Waals surface area contributed by atoms with Crippen LogP contribution >= 0.6 is 0 Å². The molecule has 176 valence electrons. The van der Waals surface area contributed by atoms with Crippen molar-refractivity contribution in [2.24, 2.45) is 29.6 Å². The number of rotatable bonds is 3. The van der Waals surface area contributed by atoms with E-state index in [1.807, 2.05) is 32.0 Å². The van der Waals surface area contributed by atoms with Crippen LogP contribution in [0.1, 0.15) is 48.2 Å². The smallest absolute Gasteiger partial charge is 0.187 e. The van der Waals surface area contributed by atoms with Gasteiger partial charge in [-0.1, -0.05) is 6.92 Å². The molecule has 7 unspecified atom stereocenters. The molecule has 0 bridgehead atoms. The number of carbonyl (C=O) groups excluding carboxylic acids is 4. The van der Waals surface area contributed by atoms with Crippen molar-refractivity contribution < 1.29 is 34.1 Å². The zero-order valence-corrected chi connectivity index (χ0v) is 19.3. The Hall–Kier alpha value is -2.58. The number of aromatic hydroxyl groups is 1. The number of aliphatic hydroxyl groups excluding tert-OH is 1. The van der Waals surface area contributed by atoms with Gasteiger partial charge in [-0.15, -0.1) is 0 Å². The maximum atomic E-state index is 13.8. The van der Waals surface area contributed by atoms with E-state index in [0.29, 0.717) is 24.8 Å². The highest BCUT2D eigenvalue weighted by Gasteiger charge is 2.75. The van der Waals surface area contributed by atoms with E-state index in [9.17, 15) is 29.4 Å². The molecule has 33 heavy (non-hydrogen) atoms. The van der Waals surface area contributed by atoms with Gasteiger partial charge in [0.15, 0.2) is 12.1 Å². The Bertz CT molecular complexity index is 1110. The summed E-state index contributed by atoms with van der Waals surface area (Å²) in [6.07, 6.45) is 0.0976. The van der Waals surface area contributed by atoms with Crippen LogP contribution in [0.5, 0.6) is 5.75 Å². The van der Waals surface area contributed by atoms with E-state index in [1.54, 1.807) is 0 Å². The largest absolute Gasteiger partial charge is 0.507 e. The quantitative estimate of drug-likeness (QED) is 0.519. The molecule has 1 aromatic carbocycles. The number of phenolic OH excluding ortho intramolecular Hbond substituents is 1. The molecule has 1 aliphatic heterocycles. The fourth-order valence-corrected chi connectivity index (χ4v) is 6.91. The summed E-state index contributed by atoms with van der Waals surface area (Å²) in [7, 11) is 3.75. The number of Topliss-reactive ketones (excluding diaryl/α,β-unsaturated/α-hetero) is 4. The Morgan fingerprint density at radius 1 is 1.21 bits per heavy atom. The molecule has 1 heterocycles. The first-order chi connectivity index (χ1) is 15.5. The molecule has 3 aliphatic carbocycles. The molecule has 1 saturated heterocycles. The Kier molecular flexibility index (Phi) is 4.85. The molecule has 0 aromatic heterocycles. The number of nitrogens with zero attached hydrogens (tertiary/aromatic N) is 1. The predicted octanol–water partition coefficient (Wildman–Crippen LogP) is 1.46. The molecule has 1 spiro atoms. The van der Waals surface area contributed by atoms with Crippen LogP contribution in [0.15, 0.2) is 6.07 Å². The van der Waals surface area contributed by atoms with E-state index in [-0.39, 0.29) is 41.1 Å². The molecule has 0 radical (unpaired) electrons. The second-order valence-corrected chi connectivity index (χ2v) is 10.2. The van der Waals surface area contributed by atoms with Crippen LogP contribution < -0.4 is 4.90 Å². The molecule has 8 heteroatoms. The van der Waals surface area contributed by atoms with E-state index in [1.165, 1.54) is 6.92 Å². The number of anilines is 1. The fraction of sp³-hybridized carbons (Fsp3) is 0.600. The molecule has 3 fully saturated rings. The average molecular weight is 456 g/mol. The van der Waals surface area contributed by atoms with Crippen LogP contribution in [-0.2, 0) is 32.0 Å². The number of aryl methyl sites for hydroxylation is 1. The lowest BCUT2D eigenvalue weighted by molar-refractivity contribution is -0.150. The summed E-state index contributed by atoms with van der Waals surface area (Å²) in [4.78, 5) is 54.7. The summed E-state index contributed by atoms with van der Waals surface area (Å²) in [5.74, 6) is -5.39. The number of ketones is 4. The monoisotopic (exact) mass is 455 g/mol. The van der Waals surface area contributed by atoms with E-state index >= 15 is 0 Å². The number of hydrogen-bond donors (Lipinski definition) is 2.